The van der Waals surface area contributed by atoms with Gasteiger partial charge in [-0.15, -0.1) is 0 Å². The van der Waals surface area contributed by atoms with E-state index in [0.717, 1.165) is 12.6 Å². The average Bonchev–Trinajstić information content (AvgIpc) is 3.48. The van der Waals surface area contributed by atoms with Crippen molar-refractivity contribution in [2.45, 2.75) is 76.0 Å². The van der Waals surface area contributed by atoms with Crippen LogP contribution in [0.5, 0.6) is 0 Å². The maximum absolute atomic E-state index is 6.65. The quantitative estimate of drug-likeness (QED) is 0.582. The van der Waals surface area contributed by atoms with Crippen molar-refractivity contribution in [1.82, 2.24) is 10.6 Å². The van der Waals surface area contributed by atoms with Gasteiger partial charge in [-0.25, -0.2) is 0 Å². The molecule has 5 atom stereocenters. The lowest BCUT2D eigenvalue weighted by molar-refractivity contribution is 0.136. The van der Waals surface area contributed by atoms with Crippen LogP contribution >= 0.6 is 0 Å². The zero-order valence-electron chi connectivity index (χ0n) is 14.8. The molecule has 0 amide bonds. The van der Waals surface area contributed by atoms with Gasteiger partial charge in [0.25, 0.3) is 0 Å². The number of hydrogen-bond acceptors (Lipinski definition) is 4. The Kier molecular flexibility index (Phi) is 3.82. The van der Waals surface area contributed by atoms with Crippen LogP contribution in [0, 0.1) is 29.1 Å². The van der Waals surface area contributed by atoms with Gasteiger partial charge in [-0.3, -0.25) is 5.32 Å². The molecular formula is C20H34N4. The maximum Gasteiger partial charge on any atom is 0.0615 e. The first-order valence-electron chi connectivity index (χ1n) is 10.4. The molecular weight excluding hydrogens is 296 g/mol. The highest BCUT2D eigenvalue weighted by Crippen LogP contribution is 2.66. The van der Waals surface area contributed by atoms with E-state index in [1.165, 1.54) is 57.8 Å². The standard InChI is InChI=1S/C20H34N4/c21-17(12-4-5-12)16-18(23-11-24-19(16)22)13-2-1-3-15(10-13)20(8-9-20)14-6-7-14/h10,12-14,16-19,23-24H,1-9,11,21-22H2. The summed E-state index contributed by atoms with van der Waals surface area (Å²) in [6.07, 6.45) is 15.2. The Morgan fingerprint density at radius 2 is 1.88 bits per heavy atom. The first-order chi connectivity index (χ1) is 11.7. The molecule has 0 spiro atoms. The summed E-state index contributed by atoms with van der Waals surface area (Å²) in [6, 6.07) is 0.713. The summed E-state index contributed by atoms with van der Waals surface area (Å²) in [7, 11) is 0. The van der Waals surface area contributed by atoms with Gasteiger partial charge in [0.15, 0.2) is 0 Å². The van der Waals surface area contributed by atoms with E-state index in [1.807, 2.05) is 5.57 Å². The van der Waals surface area contributed by atoms with Crippen molar-refractivity contribution in [3.63, 3.8) is 0 Å². The molecule has 5 rings (SSSR count). The monoisotopic (exact) mass is 330 g/mol. The highest BCUT2D eigenvalue weighted by atomic mass is 15.2. The van der Waals surface area contributed by atoms with Crippen molar-refractivity contribution in [3.05, 3.63) is 11.6 Å². The van der Waals surface area contributed by atoms with Crippen LogP contribution < -0.4 is 22.1 Å². The Labute approximate surface area is 146 Å². The van der Waals surface area contributed by atoms with Crippen LogP contribution in [0.2, 0.25) is 0 Å². The zero-order valence-corrected chi connectivity index (χ0v) is 14.8. The predicted molar refractivity (Wildman–Crippen MR) is 96.9 cm³/mol. The Hall–Kier alpha value is -0.420. The maximum atomic E-state index is 6.65. The summed E-state index contributed by atoms with van der Waals surface area (Å²) in [5.74, 6) is 2.73. The Bertz CT molecular complexity index is 518. The van der Waals surface area contributed by atoms with Crippen molar-refractivity contribution in [1.29, 1.82) is 0 Å². The molecule has 1 saturated heterocycles. The zero-order chi connectivity index (χ0) is 16.3. The van der Waals surface area contributed by atoms with Gasteiger partial charge < -0.3 is 16.8 Å². The minimum Gasteiger partial charge on any atom is -0.327 e. The molecule has 4 heteroatoms. The highest BCUT2D eigenvalue weighted by Gasteiger charge is 2.56. The first kappa shape index (κ1) is 15.8. The normalized spacial score (nSPS) is 43.2. The third-order valence-corrected chi connectivity index (χ3v) is 7.76. The van der Waals surface area contributed by atoms with Crippen molar-refractivity contribution < 1.29 is 0 Å². The molecule has 3 saturated carbocycles. The molecule has 0 bridgehead atoms. The minimum absolute atomic E-state index is 0.0453. The molecule has 4 aliphatic carbocycles. The summed E-state index contributed by atoms with van der Waals surface area (Å²) < 4.78 is 0. The van der Waals surface area contributed by atoms with E-state index in [2.05, 4.69) is 16.7 Å². The number of rotatable bonds is 5. The molecule has 4 fully saturated rings. The van der Waals surface area contributed by atoms with Gasteiger partial charge >= 0.3 is 0 Å². The molecule has 1 heterocycles. The van der Waals surface area contributed by atoms with E-state index in [-0.39, 0.29) is 12.2 Å². The van der Waals surface area contributed by atoms with Crippen LogP contribution in [0.15, 0.2) is 11.6 Å². The molecule has 4 nitrogen and oxygen atoms in total. The van der Waals surface area contributed by atoms with E-state index >= 15 is 0 Å². The van der Waals surface area contributed by atoms with Crippen LogP contribution in [0.4, 0.5) is 0 Å². The molecule has 1 aliphatic heterocycles. The second kappa shape index (κ2) is 5.80. The lowest BCUT2D eigenvalue weighted by Crippen LogP contribution is -2.67. The molecule has 134 valence electrons. The minimum atomic E-state index is 0.0453. The van der Waals surface area contributed by atoms with Crippen LogP contribution in [0.25, 0.3) is 0 Å². The molecule has 0 radical (unpaired) electrons. The Morgan fingerprint density at radius 1 is 1.08 bits per heavy atom. The predicted octanol–water partition coefficient (Wildman–Crippen LogP) is 2.06. The van der Waals surface area contributed by atoms with Crippen molar-refractivity contribution >= 4 is 0 Å². The lowest BCUT2D eigenvalue weighted by atomic mass is 9.72. The summed E-state index contributed by atoms with van der Waals surface area (Å²) in [5.41, 5.74) is 15.6. The molecule has 0 aromatic carbocycles. The molecule has 5 aliphatic rings. The van der Waals surface area contributed by atoms with Crippen LogP contribution in [0.1, 0.15) is 57.8 Å². The SMILES string of the molecule is NC1NCNC(C2C=C(C3(C4CC4)CC3)CCC2)C1C(N)C1CC1. The van der Waals surface area contributed by atoms with Crippen molar-refractivity contribution in [3.8, 4) is 0 Å². The smallest absolute Gasteiger partial charge is 0.0615 e. The van der Waals surface area contributed by atoms with Gasteiger partial charge in [-0.05, 0) is 81.0 Å². The van der Waals surface area contributed by atoms with Gasteiger partial charge in [-0.1, -0.05) is 11.6 Å². The van der Waals surface area contributed by atoms with Crippen LogP contribution in [-0.4, -0.2) is 24.9 Å². The summed E-state index contributed by atoms with van der Waals surface area (Å²) in [5, 5.41) is 7.17. The van der Waals surface area contributed by atoms with Crippen LogP contribution in [0.3, 0.4) is 0 Å². The third-order valence-electron chi connectivity index (χ3n) is 7.76. The fourth-order valence-corrected chi connectivity index (χ4v) is 5.91. The van der Waals surface area contributed by atoms with Crippen molar-refractivity contribution in [2.75, 3.05) is 6.67 Å². The molecule has 24 heavy (non-hydrogen) atoms. The third kappa shape index (κ3) is 2.66. The second-order valence-electron chi connectivity index (χ2n) is 9.31. The van der Waals surface area contributed by atoms with E-state index in [9.17, 15) is 0 Å². The number of nitrogens with one attached hydrogen (secondary N) is 2. The summed E-state index contributed by atoms with van der Waals surface area (Å²) >= 11 is 0. The average molecular weight is 331 g/mol. The van der Waals surface area contributed by atoms with Crippen LogP contribution in [-0.2, 0) is 0 Å². The lowest BCUT2D eigenvalue weighted by Gasteiger charge is -2.45. The van der Waals surface area contributed by atoms with Crippen molar-refractivity contribution in [2.24, 2.45) is 40.6 Å². The number of allylic oxidation sites excluding steroid dienone is 1. The van der Waals surface area contributed by atoms with E-state index in [4.69, 9.17) is 11.5 Å². The summed E-state index contributed by atoms with van der Waals surface area (Å²) in [4.78, 5) is 0. The van der Waals surface area contributed by atoms with Gasteiger partial charge in [0.1, 0.15) is 0 Å². The Morgan fingerprint density at radius 3 is 2.54 bits per heavy atom. The van der Waals surface area contributed by atoms with Gasteiger partial charge in [0.05, 0.1) is 6.17 Å². The fourth-order valence-electron chi connectivity index (χ4n) is 5.91. The summed E-state index contributed by atoms with van der Waals surface area (Å²) in [6.45, 7) is 0.827. The second-order valence-corrected chi connectivity index (χ2v) is 9.31. The van der Waals surface area contributed by atoms with Gasteiger partial charge in [-0.2, -0.15) is 0 Å². The highest BCUT2D eigenvalue weighted by molar-refractivity contribution is 5.29. The number of nitrogens with two attached hydrogens (primary N) is 2. The first-order valence-corrected chi connectivity index (χ1v) is 10.4. The largest absolute Gasteiger partial charge is 0.327 e. The van der Waals surface area contributed by atoms with E-state index in [0.29, 0.717) is 29.2 Å². The molecule has 0 aromatic heterocycles. The van der Waals surface area contributed by atoms with Gasteiger partial charge in [0.2, 0.25) is 0 Å². The van der Waals surface area contributed by atoms with E-state index in [1.54, 1.807) is 0 Å². The Balaban J connectivity index is 1.38. The molecule has 0 aromatic rings. The fraction of sp³-hybridized carbons (Fsp3) is 0.900. The van der Waals surface area contributed by atoms with Gasteiger partial charge in [0, 0.05) is 24.7 Å². The molecule has 6 N–H and O–H groups in total. The molecule has 5 unspecified atom stereocenters. The topological polar surface area (TPSA) is 76.1 Å². The van der Waals surface area contributed by atoms with E-state index < -0.39 is 0 Å². The number of hydrogen-bond donors (Lipinski definition) is 4.